The van der Waals surface area contributed by atoms with Crippen LogP contribution in [0.4, 0.5) is 0 Å². The number of ketones is 1. The molecule has 2 aromatic rings. The lowest BCUT2D eigenvalue weighted by atomic mass is 9.79. The van der Waals surface area contributed by atoms with Gasteiger partial charge in [-0.15, -0.1) is 0 Å². The smallest absolute Gasteiger partial charge is 0.251 e. The second-order valence-electron chi connectivity index (χ2n) is 7.82. The van der Waals surface area contributed by atoms with Crippen molar-refractivity contribution in [3.63, 3.8) is 0 Å². The van der Waals surface area contributed by atoms with Gasteiger partial charge in [-0.2, -0.15) is 0 Å². The minimum absolute atomic E-state index is 0.0146. The van der Waals surface area contributed by atoms with E-state index in [9.17, 15) is 9.59 Å². The van der Waals surface area contributed by atoms with E-state index in [0.717, 1.165) is 22.9 Å². The highest BCUT2D eigenvalue weighted by Crippen LogP contribution is 2.32. The van der Waals surface area contributed by atoms with E-state index in [1.54, 1.807) is 18.7 Å². The fraction of sp³-hybridized carbons (Fsp3) is 0.391. The minimum Gasteiger partial charge on any atom is -0.347 e. The maximum Gasteiger partial charge on any atom is 0.251 e. The van der Waals surface area contributed by atoms with Crippen molar-refractivity contribution < 1.29 is 9.59 Å². The van der Waals surface area contributed by atoms with Gasteiger partial charge in [0, 0.05) is 33.0 Å². The van der Waals surface area contributed by atoms with Crippen molar-refractivity contribution in [1.82, 2.24) is 10.2 Å². The third kappa shape index (κ3) is 4.01. The van der Waals surface area contributed by atoms with Crippen molar-refractivity contribution >= 4 is 23.5 Å². The molecule has 28 heavy (non-hydrogen) atoms. The van der Waals surface area contributed by atoms with Crippen LogP contribution in [0.25, 0.3) is 0 Å². The van der Waals surface area contributed by atoms with E-state index in [1.807, 2.05) is 48.5 Å². The van der Waals surface area contributed by atoms with Gasteiger partial charge in [-0.1, -0.05) is 23.9 Å². The van der Waals surface area contributed by atoms with Crippen LogP contribution in [0.5, 0.6) is 0 Å². The largest absolute Gasteiger partial charge is 0.347 e. The number of carbonyl (C=O) groups is 2. The van der Waals surface area contributed by atoms with Crippen molar-refractivity contribution in [1.29, 1.82) is 0 Å². The molecule has 3 heterocycles. The molecule has 3 aliphatic heterocycles. The van der Waals surface area contributed by atoms with Gasteiger partial charge in [0.15, 0.2) is 5.78 Å². The van der Waals surface area contributed by atoms with Crippen LogP contribution in [-0.2, 0) is 0 Å². The molecular formula is C23H26N2O2S. The summed E-state index contributed by atoms with van der Waals surface area (Å²) in [5, 5.41) is 3.28. The van der Waals surface area contributed by atoms with Gasteiger partial charge in [0.1, 0.15) is 0 Å². The molecule has 146 valence electrons. The van der Waals surface area contributed by atoms with E-state index in [4.69, 9.17) is 0 Å². The van der Waals surface area contributed by atoms with Crippen LogP contribution in [0, 0.1) is 5.92 Å². The summed E-state index contributed by atoms with van der Waals surface area (Å²) in [5.74, 6) is 0.685. The number of nitrogens with zero attached hydrogens (tertiary/aromatic N) is 1. The molecule has 0 spiro atoms. The fourth-order valence-corrected chi connectivity index (χ4v) is 5.25. The molecule has 5 rings (SSSR count). The Balaban J connectivity index is 1.41. The Kier molecular flexibility index (Phi) is 5.56. The molecule has 0 saturated carbocycles. The first-order chi connectivity index (χ1) is 13.5. The van der Waals surface area contributed by atoms with Crippen molar-refractivity contribution in [3.8, 4) is 0 Å². The Morgan fingerprint density at radius 3 is 2.36 bits per heavy atom. The van der Waals surface area contributed by atoms with E-state index in [-0.39, 0.29) is 17.7 Å². The molecule has 2 atom stereocenters. The van der Waals surface area contributed by atoms with E-state index in [2.05, 4.69) is 17.1 Å². The number of nitrogens with one attached hydrogen (secondary N) is 1. The van der Waals surface area contributed by atoms with Crippen LogP contribution < -0.4 is 5.32 Å². The molecule has 1 N–H and O–H groups in total. The number of Topliss-reactive ketones (excluding diaryl/α,β-unsaturated/α-hetero) is 1. The van der Waals surface area contributed by atoms with Crippen LogP contribution in [0.3, 0.4) is 0 Å². The summed E-state index contributed by atoms with van der Waals surface area (Å²) in [6.07, 6.45) is 2.37. The maximum atomic E-state index is 12.8. The second-order valence-corrected chi connectivity index (χ2v) is 8.97. The molecule has 5 heteroatoms. The highest BCUT2D eigenvalue weighted by Gasteiger charge is 2.40. The second kappa shape index (κ2) is 8.10. The van der Waals surface area contributed by atoms with E-state index in [0.29, 0.717) is 23.1 Å². The summed E-state index contributed by atoms with van der Waals surface area (Å²) in [6, 6.07) is 16.0. The Hall–Kier alpha value is -2.11. The monoisotopic (exact) mass is 394 g/mol. The molecule has 1 amide bonds. The number of hydrogen-bond acceptors (Lipinski definition) is 4. The lowest BCUT2D eigenvalue weighted by molar-refractivity contribution is 0.0217. The zero-order chi connectivity index (χ0) is 19.7. The molecule has 2 bridgehead atoms. The third-order valence-corrected chi connectivity index (χ3v) is 7.07. The van der Waals surface area contributed by atoms with Crippen molar-refractivity contribution in [2.24, 2.45) is 5.92 Å². The molecular weight excluding hydrogens is 368 g/mol. The zero-order valence-corrected chi connectivity index (χ0v) is 17.2. The molecule has 0 aromatic heterocycles. The fourth-order valence-electron chi connectivity index (χ4n) is 4.37. The number of amides is 1. The average molecular weight is 395 g/mol. The number of carbonyl (C=O) groups excluding carboxylic acids is 2. The van der Waals surface area contributed by atoms with Crippen LogP contribution in [0.1, 0.15) is 47.4 Å². The molecule has 3 saturated heterocycles. The molecule has 4 nitrogen and oxygen atoms in total. The number of piperidine rings is 3. The minimum atomic E-state index is 0.0146. The Morgan fingerprint density at radius 2 is 1.71 bits per heavy atom. The van der Waals surface area contributed by atoms with Gasteiger partial charge in [-0.25, -0.2) is 0 Å². The van der Waals surface area contributed by atoms with Crippen molar-refractivity contribution in [2.45, 2.75) is 48.6 Å². The quantitative estimate of drug-likeness (QED) is 0.770. The van der Waals surface area contributed by atoms with Gasteiger partial charge >= 0.3 is 0 Å². The number of rotatable bonds is 5. The first kappa shape index (κ1) is 19.2. The third-order valence-electron chi connectivity index (χ3n) is 6.07. The molecule has 3 fully saturated rings. The molecule has 0 radical (unpaired) electrons. The summed E-state index contributed by atoms with van der Waals surface area (Å²) < 4.78 is 0. The van der Waals surface area contributed by atoms with Gasteiger partial charge in [-0.3, -0.25) is 14.5 Å². The average Bonchev–Trinajstić information content (AvgIpc) is 2.71. The van der Waals surface area contributed by atoms with Crippen LogP contribution in [0.2, 0.25) is 0 Å². The van der Waals surface area contributed by atoms with Gasteiger partial charge in [0.2, 0.25) is 0 Å². The Labute approximate surface area is 170 Å². The van der Waals surface area contributed by atoms with Crippen LogP contribution in [-0.4, -0.2) is 41.8 Å². The van der Waals surface area contributed by atoms with Crippen LogP contribution >= 0.6 is 11.8 Å². The molecule has 3 aliphatic rings. The highest BCUT2D eigenvalue weighted by atomic mass is 32.2. The predicted molar refractivity (Wildman–Crippen MR) is 112 cm³/mol. The predicted octanol–water partition coefficient (Wildman–Crippen LogP) is 4.25. The molecule has 0 unspecified atom stereocenters. The summed E-state index contributed by atoms with van der Waals surface area (Å²) >= 11 is 1.59. The van der Waals surface area contributed by atoms with Gasteiger partial charge in [-0.05, 0) is 82.1 Å². The van der Waals surface area contributed by atoms with Crippen molar-refractivity contribution in [2.75, 3.05) is 13.1 Å². The molecule has 2 aromatic carbocycles. The SMILES string of the molecule is CC(=O)c1cccc(Sc2ccc(C(=O)N[C@@H]3C4CCN(CC4)[C@H]3C)cc2)c1. The number of hydrogen-bond donors (Lipinski definition) is 1. The first-order valence-electron chi connectivity index (χ1n) is 9.95. The summed E-state index contributed by atoms with van der Waals surface area (Å²) in [6.45, 7) is 6.13. The summed E-state index contributed by atoms with van der Waals surface area (Å²) in [7, 11) is 0. The van der Waals surface area contributed by atoms with E-state index < -0.39 is 0 Å². The van der Waals surface area contributed by atoms with E-state index in [1.165, 1.54) is 12.8 Å². The lowest BCUT2D eigenvalue weighted by Crippen LogP contribution is -2.62. The van der Waals surface area contributed by atoms with Gasteiger partial charge in [0.25, 0.3) is 5.91 Å². The number of benzene rings is 2. The van der Waals surface area contributed by atoms with E-state index >= 15 is 0 Å². The maximum absolute atomic E-state index is 12.8. The number of fused-ring (bicyclic) bond motifs is 3. The van der Waals surface area contributed by atoms with Crippen LogP contribution in [0.15, 0.2) is 58.3 Å². The first-order valence-corrected chi connectivity index (χ1v) is 10.8. The summed E-state index contributed by atoms with van der Waals surface area (Å²) in [4.78, 5) is 28.9. The van der Waals surface area contributed by atoms with Gasteiger partial charge in [0.05, 0.1) is 0 Å². The Morgan fingerprint density at radius 1 is 1.00 bits per heavy atom. The zero-order valence-electron chi connectivity index (χ0n) is 16.4. The van der Waals surface area contributed by atoms with Gasteiger partial charge < -0.3 is 5.32 Å². The van der Waals surface area contributed by atoms with Crippen molar-refractivity contribution in [3.05, 3.63) is 59.7 Å². The lowest BCUT2D eigenvalue weighted by Gasteiger charge is -2.49. The Bertz CT molecular complexity index is 870. The highest BCUT2D eigenvalue weighted by molar-refractivity contribution is 7.99. The molecule has 0 aliphatic carbocycles. The topological polar surface area (TPSA) is 49.4 Å². The standard InChI is InChI=1S/C23H26N2O2S/c1-15-22(17-10-12-25(15)13-11-17)24-23(27)18-6-8-20(9-7-18)28-21-5-3-4-19(14-21)16(2)26/h3-9,14-15,17,22H,10-13H2,1-2H3,(H,24,27)/t15-,22-/m0/s1. The normalized spacial score (nSPS) is 26.1. The summed E-state index contributed by atoms with van der Waals surface area (Å²) in [5.41, 5.74) is 1.41.